The number of ether oxygens (including phenoxy) is 2. The minimum absolute atomic E-state index is 0.493. The van der Waals surface area contributed by atoms with Crippen LogP contribution in [0, 0.1) is 6.92 Å². The molecule has 1 heterocycles. The normalized spacial score (nSPS) is 11.1. The van der Waals surface area contributed by atoms with E-state index in [0.717, 1.165) is 40.1 Å². The highest BCUT2D eigenvalue weighted by molar-refractivity contribution is 5.62. The van der Waals surface area contributed by atoms with Gasteiger partial charge in [-0.3, -0.25) is 4.98 Å². The van der Waals surface area contributed by atoms with Gasteiger partial charge < -0.3 is 9.47 Å². The summed E-state index contributed by atoms with van der Waals surface area (Å²) in [5.41, 5.74) is 5.28. The van der Waals surface area contributed by atoms with E-state index in [4.69, 9.17) is 9.47 Å². The average molecular weight is 373 g/mol. The number of aromatic nitrogens is 1. The van der Waals surface area contributed by atoms with Gasteiger partial charge in [-0.1, -0.05) is 79.7 Å². The summed E-state index contributed by atoms with van der Waals surface area (Å²) in [7, 11) is 0. The third kappa shape index (κ3) is 5.54. The van der Waals surface area contributed by atoms with Gasteiger partial charge in [-0.15, -0.1) is 0 Å². The summed E-state index contributed by atoms with van der Waals surface area (Å²) in [6, 6.07) is 20.4. The van der Waals surface area contributed by atoms with Crippen LogP contribution in [0.5, 0.6) is 5.75 Å². The van der Waals surface area contributed by atoms with Gasteiger partial charge in [0.1, 0.15) is 12.4 Å². The molecule has 144 valence electrons. The lowest BCUT2D eigenvalue weighted by molar-refractivity contribution is 0.106. The lowest BCUT2D eigenvalue weighted by Crippen LogP contribution is -2.04. The van der Waals surface area contributed by atoms with E-state index in [-0.39, 0.29) is 0 Å². The van der Waals surface area contributed by atoms with Gasteiger partial charge >= 0.3 is 0 Å². The summed E-state index contributed by atoms with van der Waals surface area (Å²) in [5.74, 6) is 0.828. The molecule has 0 spiro atoms. The number of benzene rings is 2. The molecule has 28 heavy (non-hydrogen) atoms. The van der Waals surface area contributed by atoms with Crippen LogP contribution in [-0.2, 0) is 24.6 Å². The van der Waals surface area contributed by atoms with E-state index >= 15 is 0 Å². The van der Waals surface area contributed by atoms with Crippen molar-refractivity contribution in [2.24, 2.45) is 0 Å². The van der Waals surface area contributed by atoms with Gasteiger partial charge in [0, 0.05) is 17.3 Å². The topological polar surface area (TPSA) is 31.4 Å². The van der Waals surface area contributed by atoms with E-state index in [1.807, 2.05) is 49.5 Å². The molecule has 3 aromatic rings. The van der Waals surface area contributed by atoms with Crippen LogP contribution in [0.4, 0.5) is 0 Å². The Balaban J connectivity index is 1.77. The maximum atomic E-state index is 6.19. The molecule has 0 aliphatic rings. The molecule has 0 N–H and O–H groups in total. The van der Waals surface area contributed by atoms with Crippen molar-refractivity contribution in [3.05, 3.63) is 101 Å². The molecule has 0 saturated carbocycles. The Bertz CT molecular complexity index is 889. The van der Waals surface area contributed by atoms with Gasteiger partial charge in [0.15, 0.2) is 0 Å². The molecule has 0 radical (unpaired) electrons. The van der Waals surface area contributed by atoms with Crippen LogP contribution in [0.15, 0.2) is 72.9 Å². The monoisotopic (exact) mass is 373 g/mol. The number of hydrogen-bond acceptors (Lipinski definition) is 3. The summed E-state index contributed by atoms with van der Waals surface area (Å²) in [6.45, 7) is 5.70. The number of allylic oxidation sites excluding steroid dienone is 1. The summed E-state index contributed by atoms with van der Waals surface area (Å²) >= 11 is 0. The first-order valence-corrected chi connectivity index (χ1v) is 9.71. The zero-order valence-electron chi connectivity index (χ0n) is 16.6. The number of hydrogen-bond donors (Lipinski definition) is 0. The van der Waals surface area contributed by atoms with Crippen LogP contribution in [0.2, 0.25) is 0 Å². The van der Waals surface area contributed by atoms with Gasteiger partial charge in [-0.05, 0) is 24.5 Å². The average Bonchev–Trinajstić information content (AvgIpc) is 2.74. The van der Waals surface area contributed by atoms with E-state index in [0.29, 0.717) is 19.8 Å². The molecule has 0 bridgehead atoms. The quantitative estimate of drug-likeness (QED) is 0.453. The van der Waals surface area contributed by atoms with Crippen LogP contribution in [-0.4, -0.2) is 4.98 Å². The second-order valence-corrected chi connectivity index (χ2v) is 6.67. The summed E-state index contributed by atoms with van der Waals surface area (Å²) in [6.07, 6.45) is 7.12. The van der Waals surface area contributed by atoms with Crippen LogP contribution in [0.3, 0.4) is 0 Å². The molecule has 0 saturated heterocycles. The molecule has 0 aliphatic heterocycles. The highest BCUT2D eigenvalue weighted by Gasteiger charge is 2.13. The second-order valence-electron chi connectivity index (χ2n) is 6.67. The van der Waals surface area contributed by atoms with E-state index in [1.54, 1.807) is 0 Å². The highest BCUT2D eigenvalue weighted by atomic mass is 16.5. The molecule has 0 unspecified atom stereocenters. The molecule has 3 heteroatoms. The predicted octanol–water partition coefficient (Wildman–Crippen LogP) is 6.11. The first-order valence-electron chi connectivity index (χ1n) is 9.71. The van der Waals surface area contributed by atoms with Crippen molar-refractivity contribution in [1.29, 1.82) is 0 Å². The maximum absolute atomic E-state index is 6.19. The van der Waals surface area contributed by atoms with E-state index in [1.165, 1.54) is 0 Å². The van der Waals surface area contributed by atoms with Crippen molar-refractivity contribution in [2.75, 3.05) is 0 Å². The van der Waals surface area contributed by atoms with Crippen molar-refractivity contribution in [1.82, 2.24) is 4.98 Å². The Morgan fingerprint density at radius 1 is 0.857 bits per heavy atom. The Kier molecular flexibility index (Phi) is 7.39. The van der Waals surface area contributed by atoms with Gasteiger partial charge in [-0.25, -0.2) is 0 Å². The molecule has 2 aromatic carbocycles. The molecule has 3 nitrogen and oxygen atoms in total. The minimum Gasteiger partial charge on any atom is -0.486 e. The molecule has 3 rings (SSSR count). The molecular formula is C25H27NO2. The molecule has 0 amide bonds. The fourth-order valence-corrected chi connectivity index (χ4v) is 2.94. The van der Waals surface area contributed by atoms with Crippen molar-refractivity contribution in [2.45, 2.75) is 40.1 Å². The number of rotatable bonds is 9. The first kappa shape index (κ1) is 19.8. The van der Waals surface area contributed by atoms with E-state index in [2.05, 4.69) is 48.3 Å². The van der Waals surface area contributed by atoms with Crippen molar-refractivity contribution in [3.63, 3.8) is 0 Å². The third-order valence-corrected chi connectivity index (χ3v) is 4.45. The Morgan fingerprint density at radius 3 is 2.14 bits per heavy atom. The number of pyridine rings is 1. The molecule has 0 fully saturated rings. The number of nitrogens with zero attached hydrogens (tertiary/aromatic N) is 1. The highest BCUT2D eigenvalue weighted by Crippen LogP contribution is 2.28. The largest absolute Gasteiger partial charge is 0.486 e. The third-order valence-electron chi connectivity index (χ3n) is 4.45. The van der Waals surface area contributed by atoms with Gasteiger partial charge in [0.05, 0.1) is 18.9 Å². The van der Waals surface area contributed by atoms with Gasteiger partial charge in [0.25, 0.3) is 0 Å². The zero-order chi connectivity index (χ0) is 19.6. The van der Waals surface area contributed by atoms with Crippen molar-refractivity contribution >= 4 is 6.08 Å². The fraction of sp³-hybridized carbons (Fsp3) is 0.240. The van der Waals surface area contributed by atoms with Gasteiger partial charge in [0.2, 0.25) is 0 Å². The zero-order valence-corrected chi connectivity index (χ0v) is 16.6. The van der Waals surface area contributed by atoms with Crippen LogP contribution < -0.4 is 4.74 Å². The van der Waals surface area contributed by atoms with Gasteiger partial charge in [-0.2, -0.15) is 0 Å². The lowest BCUT2D eigenvalue weighted by atomic mass is 10.1. The SMILES string of the molecule is CC/C=C/c1c(COCc2ccccc2)cnc(C)c1OCc1ccccc1. The predicted molar refractivity (Wildman–Crippen MR) is 114 cm³/mol. The number of aryl methyl sites for hydroxylation is 1. The van der Waals surface area contributed by atoms with Crippen LogP contribution in [0.1, 0.15) is 41.3 Å². The fourth-order valence-electron chi connectivity index (χ4n) is 2.94. The summed E-state index contributed by atoms with van der Waals surface area (Å²) in [4.78, 5) is 4.55. The Morgan fingerprint density at radius 2 is 1.50 bits per heavy atom. The second kappa shape index (κ2) is 10.4. The molecular weight excluding hydrogens is 346 g/mol. The lowest BCUT2D eigenvalue weighted by Gasteiger charge is -2.16. The smallest absolute Gasteiger partial charge is 0.148 e. The Hall–Kier alpha value is -2.91. The van der Waals surface area contributed by atoms with E-state index in [9.17, 15) is 0 Å². The molecule has 1 aromatic heterocycles. The minimum atomic E-state index is 0.493. The summed E-state index contributed by atoms with van der Waals surface area (Å²) in [5, 5.41) is 0. The Labute approximate surface area is 167 Å². The molecule has 0 aliphatic carbocycles. The van der Waals surface area contributed by atoms with Crippen molar-refractivity contribution < 1.29 is 9.47 Å². The van der Waals surface area contributed by atoms with Crippen molar-refractivity contribution in [3.8, 4) is 5.75 Å². The molecule has 0 atom stereocenters. The maximum Gasteiger partial charge on any atom is 0.148 e. The van der Waals surface area contributed by atoms with E-state index < -0.39 is 0 Å². The first-order chi connectivity index (χ1) is 13.8. The standard InChI is InChI=1S/C25H27NO2/c1-3-4-15-24-23(19-27-17-21-11-7-5-8-12-21)16-26-20(2)25(24)28-18-22-13-9-6-10-14-22/h4-16H,3,17-19H2,1-2H3/b15-4+. The van der Waals surface area contributed by atoms with Crippen LogP contribution >= 0.6 is 0 Å². The summed E-state index contributed by atoms with van der Waals surface area (Å²) < 4.78 is 12.1. The van der Waals surface area contributed by atoms with Crippen LogP contribution in [0.25, 0.3) is 6.08 Å².